The first-order valence-electron chi connectivity index (χ1n) is 5.62. The minimum atomic E-state index is 1.19. The SMILES string of the molecule is CC=C(CCCCC)N(C)CCC. The Morgan fingerprint density at radius 1 is 1.15 bits per heavy atom. The zero-order valence-electron chi connectivity index (χ0n) is 9.77. The highest BCUT2D eigenvalue weighted by Gasteiger charge is 2.01. The molecule has 0 fully saturated rings. The summed E-state index contributed by atoms with van der Waals surface area (Å²) in [6.07, 6.45) is 8.75. The van der Waals surface area contributed by atoms with E-state index in [4.69, 9.17) is 0 Å². The van der Waals surface area contributed by atoms with Crippen molar-refractivity contribution in [2.75, 3.05) is 13.6 Å². The third-order valence-electron chi connectivity index (χ3n) is 2.42. The molecule has 0 bridgehead atoms. The standard InChI is InChI=1S/C12H25N/c1-5-8-9-10-12(7-3)13(4)11-6-2/h7H,5-6,8-11H2,1-4H3. The first kappa shape index (κ1) is 12.5. The van der Waals surface area contributed by atoms with Crippen LogP contribution in [-0.2, 0) is 0 Å². The highest BCUT2D eigenvalue weighted by Crippen LogP contribution is 2.12. The van der Waals surface area contributed by atoms with E-state index in [0.29, 0.717) is 0 Å². The van der Waals surface area contributed by atoms with Crippen LogP contribution in [0.3, 0.4) is 0 Å². The van der Waals surface area contributed by atoms with Crippen molar-refractivity contribution < 1.29 is 0 Å². The van der Waals surface area contributed by atoms with Crippen LogP contribution in [0, 0.1) is 0 Å². The molecule has 78 valence electrons. The lowest BCUT2D eigenvalue weighted by Crippen LogP contribution is -2.18. The summed E-state index contributed by atoms with van der Waals surface area (Å²) in [5.74, 6) is 0. The zero-order chi connectivity index (χ0) is 10.1. The minimum Gasteiger partial charge on any atom is -0.378 e. The molecule has 0 aliphatic heterocycles. The van der Waals surface area contributed by atoms with Crippen LogP contribution in [0.25, 0.3) is 0 Å². The Morgan fingerprint density at radius 3 is 2.31 bits per heavy atom. The van der Waals surface area contributed by atoms with Crippen LogP contribution in [0.5, 0.6) is 0 Å². The summed E-state index contributed by atoms with van der Waals surface area (Å²) in [5, 5.41) is 0. The summed E-state index contributed by atoms with van der Waals surface area (Å²) in [6.45, 7) is 7.82. The highest BCUT2D eigenvalue weighted by atomic mass is 15.1. The lowest BCUT2D eigenvalue weighted by Gasteiger charge is -2.21. The summed E-state index contributed by atoms with van der Waals surface area (Å²) in [5.41, 5.74) is 1.51. The monoisotopic (exact) mass is 183 g/mol. The third kappa shape index (κ3) is 5.73. The van der Waals surface area contributed by atoms with Crippen LogP contribution >= 0.6 is 0 Å². The molecule has 0 aromatic heterocycles. The topological polar surface area (TPSA) is 3.24 Å². The van der Waals surface area contributed by atoms with Gasteiger partial charge in [0.05, 0.1) is 0 Å². The fourth-order valence-corrected chi connectivity index (χ4v) is 1.59. The van der Waals surface area contributed by atoms with Gasteiger partial charge >= 0.3 is 0 Å². The molecule has 0 amide bonds. The molecule has 0 atom stereocenters. The van der Waals surface area contributed by atoms with E-state index in [9.17, 15) is 0 Å². The Hall–Kier alpha value is -0.460. The zero-order valence-corrected chi connectivity index (χ0v) is 9.77. The average molecular weight is 183 g/mol. The highest BCUT2D eigenvalue weighted by molar-refractivity contribution is 4.98. The van der Waals surface area contributed by atoms with Gasteiger partial charge < -0.3 is 4.90 Å². The van der Waals surface area contributed by atoms with E-state index in [1.807, 2.05) is 0 Å². The molecule has 0 rings (SSSR count). The van der Waals surface area contributed by atoms with Crippen LogP contribution in [0.15, 0.2) is 11.8 Å². The second kappa shape index (κ2) is 8.15. The molecule has 0 heterocycles. The van der Waals surface area contributed by atoms with Gasteiger partial charge in [-0.15, -0.1) is 0 Å². The summed E-state index contributed by atoms with van der Waals surface area (Å²) in [7, 11) is 2.20. The van der Waals surface area contributed by atoms with Gasteiger partial charge in [-0.05, 0) is 26.2 Å². The van der Waals surface area contributed by atoms with Crippen LogP contribution in [0.4, 0.5) is 0 Å². The van der Waals surface area contributed by atoms with Gasteiger partial charge in [0.2, 0.25) is 0 Å². The summed E-state index contributed by atoms with van der Waals surface area (Å²) < 4.78 is 0. The van der Waals surface area contributed by atoms with Gasteiger partial charge in [0.25, 0.3) is 0 Å². The molecule has 0 spiro atoms. The first-order valence-corrected chi connectivity index (χ1v) is 5.62. The largest absolute Gasteiger partial charge is 0.378 e. The maximum atomic E-state index is 2.38. The number of nitrogens with zero attached hydrogens (tertiary/aromatic N) is 1. The van der Waals surface area contributed by atoms with E-state index in [1.54, 1.807) is 0 Å². The van der Waals surface area contributed by atoms with Crippen molar-refractivity contribution in [1.29, 1.82) is 0 Å². The van der Waals surface area contributed by atoms with Gasteiger partial charge in [-0.2, -0.15) is 0 Å². The Kier molecular flexibility index (Phi) is 7.86. The molecule has 1 nitrogen and oxygen atoms in total. The molecule has 0 saturated heterocycles. The molecular weight excluding hydrogens is 158 g/mol. The normalized spacial score (nSPS) is 11.8. The van der Waals surface area contributed by atoms with E-state index < -0.39 is 0 Å². The van der Waals surface area contributed by atoms with Gasteiger partial charge in [0.1, 0.15) is 0 Å². The van der Waals surface area contributed by atoms with Crippen molar-refractivity contribution in [3.8, 4) is 0 Å². The molecule has 1 heteroatoms. The molecule has 0 aromatic carbocycles. The summed E-state index contributed by atoms with van der Waals surface area (Å²) >= 11 is 0. The average Bonchev–Trinajstić information content (AvgIpc) is 2.13. The Morgan fingerprint density at radius 2 is 1.85 bits per heavy atom. The predicted octanol–water partition coefficient (Wildman–Crippen LogP) is 3.81. The molecule has 0 saturated carbocycles. The molecule has 0 unspecified atom stereocenters. The van der Waals surface area contributed by atoms with Gasteiger partial charge in [-0.3, -0.25) is 0 Å². The van der Waals surface area contributed by atoms with Crippen LogP contribution in [0.1, 0.15) is 52.9 Å². The number of hydrogen-bond donors (Lipinski definition) is 0. The molecule has 0 aliphatic carbocycles. The fraction of sp³-hybridized carbons (Fsp3) is 0.833. The maximum Gasteiger partial charge on any atom is 0.0169 e. The van der Waals surface area contributed by atoms with Crippen molar-refractivity contribution in [1.82, 2.24) is 4.90 Å². The first-order chi connectivity index (χ1) is 6.26. The van der Waals surface area contributed by atoms with Crippen molar-refractivity contribution >= 4 is 0 Å². The molecule has 0 aliphatic rings. The quantitative estimate of drug-likeness (QED) is 0.542. The van der Waals surface area contributed by atoms with Gasteiger partial charge in [-0.1, -0.05) is 32.8 Å². The van der Waals surface area contributed by atoms with E-state index in [-0.39, 0.29) is 0 Å². The Balaban J connectivity index is 3.75. The predicted molar refractivity (Wildman–Crippen MR) is 60.8 cm³/mol. The van der Waals surface area contributed by atoms with Gasteiger partial charge in [-0.25, -0.2) is 0 Å². The number of rotatable bonds is 7. The Labute approximate surface area is 83.8 Å². The van der Waals surface area contributed by atoms with Crippen LogP contribution in [-0.4, -0.2) is 18.5 Å². The summed E-state index contributed by atoms with van der Waals surface area (Å²) in [6, 6.07) is 0. The fourth-order valence-electron chi connectivity index (χ4n) is 1.59. The second-order valence-electron chi connectivity index (χ2n) is 3.66. The number of allylic oxidation sites excluding steroid dienone is 2. The number of hydrogen-bond acceptors (Lipinski definition) is 1. The van der Waals surface area contributed by atoms with Crippen molar-refractivity contribution in [3.63, 3.8) is 0 Å². The van der Waals surface area contributed by atoms with E-state index in [0.717, 1.165) is 0 Å². The molecular formula is C12H25N. The maximum absolute atomic E-state index is 2.38. The van der Waals surface area contributed by atoms with Crippen molar-refractivity contribution in [2.45, 2.75) is 52.9 Å². The smallest absolute Gasteiger partial charge is 0.0169 e. The molecule has 0 aromatic rings. The van der Waals surface area contributed by atoms with Crippen LogP contribution < -0.4 is 0 Å². The molecule has 0 radical (unpaired) electrons. The van der Waals surface area contributed by atoms with Gasteiger partial charge in [0, 0.05) is 19.3 Å². The van der Waals surface area contributed by atoms with E-state index >= 15 is 0 Å². The van der Waals surface area contributed by atoms with Crippen molar-refractivity contribution in [2.24, 2.45) is 0 Å². The third-order valence-corrected chi connectivity index (χ3v) is 2.42. The second-order valence-corrected chi connectivity index (χ2v) is 3.66. The lowest BCUT2D eigenvalue weighted by atomic mass is 10.1. The lowest BCUT2D eigenvalue weighted by molar-refractivity contribution is 0.394. The number of unbranched alkanes of at least 4 members (excludes halogenated alkanes) is 2. The Bertz CT molecular complexity index is 138. The van der Waals surface area contributed by atoms with Crippen molar-refractivity contribution in [3.05, 3.63) is 11.8 Å². The van der Waals surface area contributed by atoms with E-state index in [2.05, 4.69) is 38.8 Å². The van der Waals surface area contributed by atoms with E-state index in [1.165, 1.54) is 44.3 Å². The van der Waals surface area contributed by atoms with Crippen LogP contribution in [0.2, 0.25) is 0 Å². The molecule has 13 heavy (non-hydrogen) atoms. The van der Waals surface area contributed by atoms with Gasteiger partial charge in [0.15, 0.2) is 0 Å². The molecule has 0 N–H and O–H groups in total. The summed E-state index contributed by atoms with van der Waals surface area (Å²) in [4.78, 5) is 2.38. The minimum absolute atomic E-state index is 1.19.